The van der Waals surface area contributed by atoms with Gasteiger partial charge in [-0.2, -0.15) is 5.26 Å². The Labute approximate surface area is 164 Å². The first-order valence-corrected chi connectivity index (χ1v) is 9.44. The maximum absolute atomic E-state index is 12.6. The fourth-order valence-corrected chi connectivity index (χ4v) is 4.49. The number of amides is 2. The molecule has 2 aromatic rings. The van der Waals surface area contributed by atoms with E-state index in [1.807, 2.05) is 41.3 Å². The molecule has 1 aliphatic heterocycles. The second-order valence-electron chi connectivity index (χ2n) is 7.71. The molecular formula is C22H23N3O3. The van der Waals surface area contributed by atoms with E-state index in [0.29, 0.717) is 31.5 Å². The molecule has 1 aliphatic carbocycles. The number of hydrogen-bond acceptors (Lipinski definition) is 4. The average Bonchev–Trinajstić information content (AvgIpc) is 3.24. The molecule has 0 spiro atoms. The van der Waals surface area contributed by atoms with Crippen molar-refractivity contribution in [2.45, 2.75) is 18.4 Å². The number of anilines is 1. The SMILES string of the molecule is COc1ccc(NC(=O)N2C[C@@H]3CC(O)(c4ccc(C#N)cc4)C[C@@H]3C2)cc1. The van der Waals surface area contributed by atoms with E-state index in [-0.39, 0.29) is 17.9 Å². The normalized spacial score (nSPS) is 25.8. The Morgan fingerprint density at radius 3 is 2.29 bits per heavy atom. The maximum atomic E-state index is 12.6. The molecule has 2 aromatic carbocycles. The van der Waals surface area contributed by atoms with Crippen LogP contribution in [0.3, 0.4) is 0 Å². The van der Waals surface area contributed by atoms with Gasteiger partial charge in [-0.15, -0.1) is 0 Å². The third-order valence-corrected chi connectivity index (χ3v) is 5.96. The van der Waals surface area contributed by atoms with Gasteiger partial charge in [-0.1, -0.05) is 12.1 Å². The van der Waals surface area contributed by atoms with E-state index < -0.39 is 5.60 Å². The molecule has 4 rings (SSSR count). The third kappa shape index (κ3) is 3.41. The lowest BCUT2D eigenvalue weighted by molar-refractivity contribution is 0.0328. The van der Waals surface area contributed by atoms with E-state index in [2.05, 4.69) is 11.4 Å². The van der Waals surface area contributed by atoms with Crippen LogP contribution >= 0.6 is 0 Å². The molecule has 0 aromatic heterocycles. The van der Waals surface area contributed by atoms with Crippen molar-refractivity contribution in [1.82, 2.24) is 4.90 Å². The molecule has 2 amide bonds. The van der Waals surface area contributed by atoms with E-state index in [0.717, 1.165) is 17.0 Å². The fraction of sp³-hybridized carbons (Fsp3) is 0.364. The molecule has 2 fully saturated rings. The summed E-state index contributed by atoms with van der Waals surface area (Å²) in [5.74, 6) is 1.31. The number of carbonyl (C=O) groups excluding carboxylic acids is 1. The van der Waals surface area contributed by atoms with Gasteiger partial charge in [0, 0.05) is 18.8 Å². The summed E-state index contributed by atoms with van der Waals surface area (Å²) in [5, 5.41) is 23.0. The Bertz CT molecular complexity index is 888. The number of carbonyl (C=O) groups is 1. The zero-order valence-corrected chi connectivity index (χ0v) is 15.8. The van der Waals surface area contributed by atoms with Gasteiger partial charge < -0.3 is 20.1 Å². The lowest BCUT2D eigenvalue weighted by Crippen LogP contribution is -2.35. The van der Waals surface area contributed by atoms with Crippen LogP contribution in [0, 0.1) is 23.2 Å². The summed E-state index contributed by atoms with van der Waals surface area (Å²) in [7, 11) is 1.61. The predicted molar refractivity (Wildman–Crippen MR) is 105 cm³/mol. The number of methoxy groups -OCH3 is 1. The number of rotatable bonds is 3. The lowest BCUT2D eigenvalue weighted by atomic mass is 9.90. The van der Waals surface area contributed by atoms with Crippen molar-refractivity contribution in [3.63, 3.8) is 0 Å². The highest BCUT2D eigenvalue weighted by molar-refractivity contribution is 5.89. The molecule has 28 heavy (non-hydrogen) atoms. The highest BCUT2D eigenvalue weighted by atomic mass is 16.5. The van der Waals surface area contributed by atoms with Gasteiger partial charge >= 0.3 is 6.03 Å². The lowest BCUT2D eigenvalue weighted by Gasteiger charge is -2.26. The number of hydrogen-bond donors (Lipinski definition) is 2. The number of nitriles is 1. The fourth-order valence-electron chi connectivity index (χ4n) is 4.49. The Balaban J connectivity index is 1.37. The third-order valence-electron chi connectivity index (χ3n) is 5.96. The van der Waals surface area contributed by atoms with Gasteiger partial charge in [0.2, 0.25) is 0 Å². The molecule has 1 saturated carbocycles. The van der Waals surface area contributed by atoms with E-state index >= 15 is 0 Å². The Morgan fingerprint density at radius 1 is 1.14 bits per heavy atom. The number of likely N-dealkylation sites (tertiary alicyclic amines) is 1. The molecular weight excluding hydrogens is 354 g/mol. The van der Waals surface area contributed by atoms with Crippen LogP contribution in [0.5, 0.6) is 5.75 Å². The molecule has 0 bridgehead atoms. The molecule has 6 nitrogen and oxygen atoms in total. The molecule has 1 saturated heterocycles. The topological polar surface area (TPSA) is 85.6 Å². The summed E-state index contributed by atoms with van der Waals surface area (Å²) in [6.07, 6.45) is 1.27. The standard InChI is InChI=1S/C22H23N3O3/c1-28-20-8-6-19(7-9-20)24-21(26)25-13-16-10-22(27,11-17(16)14-25)18-4-2-15(12-23)3-5-18/h2-9,16-17,27H,10-11,13-14H2,1H3,(H,24,26)/t16-,17+,22?. The van der Waals surface area contributed by atoms with Crippen molar-refractivity contribution < 1.29 is 14.6 Å². The highest BCUT2D eigenvalue weighted by Gasteiger charge is 2.49. The van der Waals surface area contributed by atoms with Crippen LogP contribution in [0.15, 0.2) is 48.5 Å². The van der Waals surface area contributed by atoms with E-state index in [4.69, 9.17) is 10.00 Å². The number of ether oxygens (including phenoxy) is 1. The van der Waals surface area contributed by atoms with Crippen molar-refractivity contribution in [3.8, 4) is 11.8 Å². The van der Waals surface area contributed by atoms with Crippen molar-refractivity contribution in [3.05, 3.63) is 59.7 Å². The zero-order valence-electron chi connectivity index (χ0n) is 15.8. The molecule has 3 atom stereocenters. The van der Waals surface area contributed by atoms with Crippen LogP contribution in [0.4, 0.5) is 10.5 Å². The van der Waals surface area contributed by atoms with Crippen molar-refractivity contribution in [1.29, 1.82) is 5.26 Å². The van der Waals surface area contributed by atoms with Gasteiger partial charge in [0.05, 0.1) is 24.3 Å². The minimum Gasteiger partial charge on any atom is -0.497 e. The Hall–Kier alpha value is -3.04. The van der Waals surface area contributed by atoms with Crippen LogP contribution in [0.2, 0.25) is 0 Å². The summed E-state index contributed by atoms with van der Waals surface area (Å²) in [4.78, 5) is 14.4. The van der Waals surface area contributed by atoms with E-state index in [9.17, 15) is 9.90 Å². The van der Waals surface area contributed by atoms with Crippen LogP contribution in [0.1, 0.15) is 24.0 Å². The van der Waals surface area contributed by atoms with Crippen molar-refractivity contribution >= 4 is 11.7 Å². The smallest absolute Gasteiger partial charge is 0.321 e. The van der Waals surface area contributed by atoms with E-state index in [1.54, 1.807) is 19.2 Å². The van der Waals surface area contributed by atoms with Crippen LogP contribution in [-0.4, -0.2) is 36.2 Å². The maximum Gasteiger partial charge on any atom is 0.321 e. The van der Waals surface area contributed by atoms with Gasteiger partial charge in [-0.05, 0) is 66.6 Å². The molecule has 6 heteroatoms. The number of benzene rings is 2. The summed E-state index contributed by atoms with van der Waals surface area (Å²) < 4.78 is 5.13. The minimum absolute atomic E-state index is 0.110. The number of nitrogens with one attached hydrogen (secondary N) is 1. The molecule has 1 unspecified atom stereocenters. The highest BCUT2D eigenvalue weighted by Crippen LogP contribution is 2.49. The summed E-state index contributed by atoms with van der Waals surface area (Å²) in [6, 6.07) is 16.4. The van der Waals surface area contributed by atoms with Crippen molar-refractivity contribution in [2.24, 2.45) is 11.8 Å². The van der Waals surface area contributed by atoms with Gasteiger partial charge in [-0.3, -0.25) is 0 Å². The number of fused-ring (bicyclic) bond motifs is 1. The zero-order chi connectivity index (χ0) is 19.7. The number of nitrogens with zero attached hydrogens (tertiary/aromatic N) is 2. The second-order valence-corrected chi connectivity index (χ2v) is 7.71. The molecule has 1 heterocycles. The van der Waals surface area contributed by atoms with Crippen LogP contribution in [-0.2, 0) is 5.60 Å². The van der Waals surface area contributed by atoms with Gasteiger partial charge in [0.15, 0.2) is 0 Å². The summed E-state index contributed by atoms with van der Waals surface area (Å²) in [5.41, 5.74) is 1.31. The minimum atomic E-state index is -0.873. The average molecular weight is 377 g/mol. The van der Waals surface area contributed by atoms with Gasteiger partial charge in [0.25, 0.3) is 0 Å². The molecule has 2 aliphatic rings. The largest absolute Gasteiger partial charge is 0.497 e. The monoisotopic (exact) mass is 377 g/mol. The Kier molecular flexibility index (Phi) is 4.70. The first kappa shape index (κ1) is 18.3. The van der Waals surface area contributed by atoms with Gasteiger partial charge in [0.1, 0.15) is 5.75 Å². The molecule has 144 valence electrons. The summed E-state index contributed by atoms with van der Waals surface area (Å²) in [6.45, 7) is 1.29. The molecule has 2 N–H and O–H groups in total. The van der Waals surface area contributed by atoms with E-state index in [1.165, 1.54) is 0 Å². The Morgan fingerprint density at radius 2 is 1.75 bits per heavy atom. The first-order valence-electron chi connectivity index (χ1n) is 9.44. The quantitative estimate of drug-likeness (QED) is 0.859. The van der Waals surface area contributed by atoms with Crippen molar-refractivity contribution in [2.75, 3.05) is 25.5 Å². The molecule has 0 radical (unpaired) electrons. The van der Waals surface area contributed by atoms with Crippen LogP contribution in [0.25, 0.3) is 0 Å². The van der Waals surface area contributed by atoms with Gasteiger partial charge in [-0.25, -0.2) is 4.79 Å². The predicted octanol–water partition coefficient (Wildman–Crippen LogP) is 3.33. The number of urea groups is 1. The number of aliphatic hydroxyl groups is 1. The summed E-state index contributed by atoms with van der Waals surface area (Å²) >= 11 is 0. The van der Waals surface area contributed by atoms with Crippen LogP contribution < -0.4 is 10.1 Å². The second kappa shape index (κ2) is 7.17. The first-order chi connectivity index (χ1) is 13.5.